The van der Waals surface area contributed by atoms with Gasteiger partial charge in [0, 0.05) is 10.7 Å². The first kappa shape index (κ1) is 12.3. The van der Waals surface area contributed by atoms with E-state index in [0.29, 0.717) is 10.7 Å². The minimum Gasteiger partial charge on any atom is -0.376 e. The molecule has 0 aliphatic heterocycles. The maximum Gasteiger partial charge on any atom is 0.318 e. The molecule has 86 valence electrons. The summed E-state index contributed by atoms with van der Waals surface area (Å²) in [5, 5.41) is 5.37. The molecule has 0 heterocycles. The van der Waals surface area contributed by atoms with Gasteiger partial charge in [-0.15, -0.1) is 0 Å². The summed E-state index contributed by atoms with van der Waals surface area (Å²) in [4.78, 5) is 21.4. The first-order chi connectivity index (χ1) is 7.49. The molecule has 0 unspecified atom stereocenters. The monoisotopic (exact) mass is 241 g/mol. The van der Waals surface area contributed by atoms with Gasteiger partial charge in [-0.25, -0.2) is 4.79 Å². The number of hydrogen-bond donors (Lipinski definition) is 3. The van der Waals surface area contributed by atoms with Crippen molar-refractivity contribution < 1.29 is 9.59 Å². The van der Waals surface area contributed by atoms with E-state index in [4.69, 9.17) is 17.3 Å². The molecule has 0 spiro atoms. The van der Waals surface area contributed by atoms with Crippen LogP contribution in [0.4, 0.5) is 10.5 Å². The van der Waals surface area contributed by atoms with Crippen LogP contribution in [0.3, 0.4) is 0 Å². The van der Waals surface area contributed by atoms with Crippen LogP contribution in [0.2, 0.25) is 5.02 Å². The van der Waals surface area contributed by atoms with Crippen LogP contribution in [0.5, 0.6) is 0 Å². The second-order valence-corrected chi connectivity index (χ2v) is 3.64. The topological polar surface area (TPSA) is 84.2 Å². The van der Waals surface area contributed by atoms with Gasteiger partial charge < -0.3 is 11.1 Å². The zero-order chi connectivity index (χ0) is 12.1. The molecule has 0 bridgehead atoms. The molecule has 1 rings (SSSR count). The number of hydrogen-bond acceptors (Lipinski definition) is 3. The molecule has 0 aromatic heterocycles. The number of halogens is 1. The minimum atomic E-state index is -0.867. The molecule has 0 radical (unpaired) electrons. The lowest BCUT2D eigenvalue weighted by atomic mass is 10.2. The number of benzene rings is 1. The molecule has 0 aliphatic carbocycles. The second kappa shape index (κ2) is 5.37. The average molecular weight is 242 g/mol. The highest BCUT2D eigenvalue weighted by Gasteiger charge is 2.04. The van der Waals surface area contributed by atoms with Crippen LogP contribution in [0, 0.1) is 6.92 Å². The Hall–Kier alpha value is -1.75. The fourth-order valence-electron chi connectivity index (χ4n) is 1.07. The number of imide groups is 1. The van der Waals surface area contributed by atoms with E-state index in [1.165, 1.54) is 0 Å². The maximum atomic E-state index is 11.1. The predicted octanol–water partition coefficient (Wildman–Crippen LogP) is 1.26. The van der Waals surface area contributed by atoms with E-state index in [9.17, 15) is 9.59 Å². The fraction of sp³-hybridized carbons (Fsp3) is 0.200. The second-order valence-electron chi connectivity index (χ2n) is 3.23. The van der Waals surface area contributed by atoms with Crippen molar-refractivity contribution in [2.75, 3.05) is 11.9 Å². The van der Waals surface area contributed by atoms with Gasteiger partial charge in [0.25, 0.3) is 0 Å². The Morgan fingerprint density at radius 3 is 2.69 bits per heavy atom. The number of carbonyl (C=O) groups is 2. The first-order valence-corrected chi connectivity index (χ1v) is 4.96. The average Bonchev–Trinajstić information content (AvgIpc) is 2.19. The van der Waals surface area contributed by atoms with Gasteiger partial charge in [-0.3, -0.25) is 10.1 Å². The van der Waals surface area contributed by atoms with Crippen LogP contribution >= 0.6 is 11.6 Å². The van der Waals surface area contributed by atoms with Crippen LogP contribution in [-0.4, -0.2) is 18.5 Å². The van der Waals surface area contributed by atoms with Crippen molar-refractivity contribution in [2.45, 2.75) is 6.92 Å². The molecule has 0 fully saturated rings. The van der Waals surface area contributed by atoms with Crippen molar-refractivity contribution in [3.63, 3.8) is 0 Å². The number of primary amides is 1. The highest BCUT2D eigenvalue weighted by molar-refractivity contribution is 6.31. The molecule has 6 heteroatoms. The normalized spacial score (nSPS) is 9.62. The SMILES string of the molecule is Cc1ccc(NCC(=O)NC(N)=O)cc1Cl. The van der Waals surface area contributed by atoms with Crippen molar-refractivity contribution >= 4 is 29.2 Å². The summed E-state index contributed by atoms with van der Waals surface area (Å²) >= 11 is 5.90. The highest BCUT2D eigenvalue weighted by atomic mass is 35.5. The summed E-state index contributed by atoms with van der Waals surface area (Å²) < 4.78 is 0. The quantitative estimate of drug-likeness (QED) is 0.745. The number of carbonyl (C=O) groups excluding carboxylic acids is 2. The lowest BCUT2D eigenvalue weighted by Crippen LogP contribution is -2.38. The summed E-state index contributed by atoms with van der Waals surface area (Å²) in [7, 11) is 0. The molecular formula is C10H12ClN3O2. The molecule has 4 N–H and O–H groups in total. The van der Waals surface area contributed by atoms with Crippen molar-refractivity contribution in [1.29, 1.82) is 0 Å². The van der Waals surface area contributed by atoms with Crippen LogP contribution in [0.25, 0.3) is 0 Å². The summed E-state index contributed by atoms with van der Waals surface area (Å²) in [6.45, 7) is 1.84. The van der Waals surface area contributed by atoms with Gasteiger partial charge in [0.2, 0.25) is 5.91 Å². The minimum absolute atomic E-state index is 0.0394. The number of anilines is 1. The molecule has 16 heavy (non-hydrogen) atoms. The Labute approximate surface area is 98.0 Å². The van der Waals surface area contributed by atoms with Crippen LogP contribution in [0.15, 0.2) is 18.2 Å². The van der Waals surface area contributed by atoms with Crippen LogP contribution < -0.4 is 16.4 Å². The van der Waals surface area contributed by atoms with Crippen LogP contribution in [0.1, 0.15) is 5.56 Å². The number of nitrogens with one attached hydrogen (secondary N) is 2. The Morgan fingerprint density at radius 2 is 2.12 bits per heavy atom. The van der Waals surface area contributed by atoms with E-state index >= 15 is 0 Å². The van der Waals surface area contributed by atoms with E-state index in [2.05, 4.69) is 5.32 Å². The summed E-state index contributed by atoms with van der Waals surface area (Å²) in [5.74, 6) is -0.496. The lowest BCUT2D eigenvalue weighted by molar-refractivity contribution is -0.118. The zero-order valence-corrected chi connectivity index (χ0v) is 9.47. The summed E-state index contributed by atoms with van der Waals surface area (Å²) in [5.41, 5.74) is 6.44. The van der Waals surface area contributed by atoms with Crippen molar-refractivity contribution in [3.8, 4) is 0 Å². The number of aryl methyl sites for hydroxylation is 1. The molecule has 1 aromatic carbocycles. The Bertz CT molecular complexity index is 421. The third kappa shape index (κ3) is 3.78. The largest absolute Gasteiger partial charge is 0.376 e. The Morgan fingerprint density at radius 1 is 1.44 bits per heavy atom. The van der Waals surface area contributed by atoms with Crippen molar-refractivity contribution in [2.24, 2.45) is 5.73 Å². The number of rotatable bonds is 3. The van der Waals surface area contributed by atoms with Crippen LogP contribution in [-0.2, 0) is 4.79 Å². The number of amides is 3. The third-order valence-electron chi connectivity index (χ3n) is 1.89. The number of urea groups is 1. The molecule has 0 atom stereocenters. The van der Waals surface area contributed by atoms with E-state index in [1.807, 2.05) is 18.3 Å². The maximum absolute atomic E-state index is 11.1. The smallest absolute Gasteiger partial charge is 0.318 e. The summed E-state index contributed by atoms with van der Waals surface area (Å²) in [6.07, 6.45) is 0. The van der Waals surface area contributed by atoms with Gasteiger partial charge in [-0.2, -0.15) is 0 Å². The van der Waals surface area contributed by atoms with Crippen molar-refractivity contribution in [1.82, 2.24) is 5.32 Å². The predicted molar refractivity (Wildman–Crippen MR) is 62.4 cm³/mol. The molecule has 5 nitrogen and oxygen atoms in total. The fourth-order valence-corrected chi connectivity index (χ4v) is 1.25. The molecule has 0 aliphatic rings. The summed E-state index contributed by atoms with van der Waals surface area (Å²) in [6, 6.07) is 4.46. The third-order valence-corrected chi connectivity index (χ3v) is 2.29. The van der Waals surface area contributed by atoms with Gasteiger partial charge in [-0.05, 0) is 24.6 Å². The Kier molecular flexibility index (Phi) is 4.13. The molecule has 0 saturated carbocycles. The zero-order valence-electron chi connectivity index (χ0n) is 8.71. The van der Waals surface area contributed by atoms with Gasteiger partial charge >= 0.3 is 6.03 Å². The van der Waals surface area contributed by atoms with Gasteiger partial charge in [0.15, 0.2) is 0 Å². The van der Waals surface area contributed by atoms with Gasteiger partial charge in [0.1, 0.15) is 0 Å². The van der Waals surface area contributed by atoms with E-state index in [-0.39, 0.29) is 6.54 Å². The van der Waals surface area contributed by atoms with E-state index in [1.54, 1.807) is 12.1 Å². The molecule has 3 amide bonds. The molecular weight excluding hydrogens is 230 g/mol. The van der Waals surface area contributed by atoms with E-state index in [0.717, 1.165) is 5.56 Å². The van der Waals surface area contributed by atoms with Gasteiger partial charge in [-0.1, -0.05) is 17.7 Å². The molecule has 1 aromatic rings. The van der Waals surface area contributed by atoms with Crippen molar-refractivity contribution in [3.05, 3.63) is 28.8 Å². The highest BCUT2D eigenvalue weighted by Crippen LogP contribution is 2.19. The standard InChI is InChI=1S/C10H12ClN3O2/c1-6-2-3-7(4-8(6)11)13-5-9(15)14-10(12)16/h2-4,13H,5H2,1H3,(H3,12,14,15,16). The number of nitrogens with two attached hydrogens (primary N) is 1. The lowest BCUT2D eigenvalue weighted by Gasteiger charge is -2.07. The van der Waals surface area contributed by atoms with E-state index < -0.39 is 11.9 Å². The first-order valence-electron chi connectivity index (χ1n) is 4.58. The Balaban J connectivity index is 2.51. The van der Waals surface area contributed by atoms with Gasteiger partial charge in [0.05, 0.1) is 6.54 Å². The molecule has 0 saturated heterocycles.